The van der Waals surface area contributed by atoms with Crippen molar-refractivity contribution < 1.29 is 19.1 Å². The first-order valence-corrected chi connectivity index (χ1v) is 21.9. The Labute approximate surface area is 361 Å². The molecule has 6 aromatic rings. The number of benzene rings is 4. The zero-order chi connectivity index (χ0) is 42.5. The fourth-order valence-electron chi connectivity index (χ4n) is 8.14. The van der Waals surface area contributed by atoms with Gasteiger partial charge in [0.1, 0.15) is 29.1 Å². The number of carbonyl (C=O) groups excluding carboxylic acids is 3. The number of aromatic nitrogens is 4. The third kappa shape index (κ3) is 9.28. The summed E-state index contributed by atoms with van der Waals surface area (Å²) in [7, 11) is 3.90. The number of thioether (sulfide) groups is 1. The number of likely N-dealkylation sites (N-methyl/N-ethyl adjacent to an activating group) is 1. The minimum Gasteiger partial charge on any atom is -0.449 e. The van der Waals surface area contributed by atoms with Gasteiger partial charge in [-0.25, -0.2) is 14.8 Å². The minimum atomic E-state index is -0.892. The molecular formula is C48H52N8O4S. The normalized spacial score (nSPS) is 17.5. The third-order valence-electron chi connectivity index (χ3n) is 11.2. The molecule has 2 saturated heterocycles. The predicted octanol–water partition coefficient (Wildman–Crippen LogP) is 8.80. The smallest absolute Gasteiger partial charge is 0.408 e. The van der Waals surface area contributed by atoms with Crippen molar-refractivity contribution in [2.75, 3.05) is 39.5 Å². The molecule has 2 aliphatic rings. The topological polar surface area (TPSA) is 140 Å². The lowest BCUT2D eigenvalue weighted by Crippen LogP contribution is -2.43. The molecular weight excluding hydrogens is 785 g/mol. The molecule has 13 heteroatoms. The summed E-state index contributed by atoms with van der Waals surface area (Å²) in [6.07, 6.45) is 4.85. The summed E-state index contributed by atoms with van der Waals surface area (Å²) in [6, 6.07) is 34.6. The van der Waals surface area contributed by atoms with E-state index in [1.807, 2.05) is 105 Å². The highest BCUT2D eigenvalue weighted by Crippen LogP contribution is 2.39. The van der Waals surface area contributed by atoms with Gasteiger partial charge in [-0.3, -0.25) is 14.5 Å². The summed E-state index contributed by atoms with van der Waals surface area (Å²) in [5.74, 6) is 2.29. The zero-order valence-corrected chi connectivity index (χ0v) is 35.8. The Morgan fingerprint density at radius 1 is 0.738 bits per heavy atom. The van der Waals surface area contributed by atoms with Gasteiger partial charge < -0.3 is 29.8 Å². The highest BCUT2D eigenvalue weighted by molar-refractivity contribution is 7.99. The van der Waals surface area contributed by atoms with Gasteiger partial charge in [-0.2, -0.15) is 0 Å². The Bertz CT molecular complexity index is 2420. The summed E-state index contributed by atoms with van der Waals surface area (Å²) in [5.41, 5.74) is 7.58. The van der Waals surface area contributed by atoms with Gasteiger partial charge in [-0.15, -0.1) is 11.8 Å². The molecule has 4 heterocycles. The third-order valence-corrected chi connectivity index (χ3v) is 12.4. The van der Waals surface area contributed by atoms with Gasteiger partial charge >= 0.3 is 6.09 Å². The van der Waals surface area contributed by atoms with Crippen LogP contribution in [0.1, 0.15) is 73.0 Å². The van der Waals surface area contributed by atoms with Crippen molar-refractivity contribution in [2.45, 2.75) is 50.2 Å². The van der Waals surface area contributed by atoms with E-state index >= 15 is 0 Å². The summed E-state index contributed by atoms with van der Waals surface area (Å²) in [5, 5.41) is 2.48. The van der Waals surface area contributed by atoms with Crippen molar-refractivity contribution in [3.8, 4) is 33.6 Å². The summed E-state index contributed by atoms with van der Waals surface area (Å²) < 4.78 is 5.38. The van der Waals surface area contributed by atoms with Gasteiger partial charge in [0.05, 0.1) is 36.4 Å². The maximum atomic E-state index is 14.1. The van der Waals surface area contributed by atoms with E-state index in [2.05, 4.69) is 63.8 Å². The van der Waals surface area contributed by atoms with Crippen LogP contribution < -0.4 is 5.32 Å². The van der Waals surface area contributed by atoms with E-state index in [4.69, 9.17) is 14.7 Å². The fraction of sp³-hybridized carbons (Fsp3) is 0.312. The molecule has 2 aliphatic heterocycles. The number of amides is 3. The van der Waals surface area contributed by atoms with Crippen molar-refractivity contribution in [2.24, 2.45) is 5.92 Å². The van der Waals surface area contributed by atoms with Crippen LogP contribution in [-0.4, -0.2) is 92.1 Å². The number of ether oxygens (including phenoxy) is 1. The van der Waals surface area contributed by atoms with Crippen molar-refractivity contribution >= 4 is 29.7 Å². The number of likely N-dealkylation sites (tertiary alicyclic amines) is 1. The number of imidazole rings is 2. The Balaban J connectivity index is 0.921. The number of alkyl carbamates (subject to hydrolysis) is 1. The number of aromatic amines is 2. The van der Waals surface area contributed by atoms with Crippen LogP contribution in [0.3, 0.4) is 0 Å². The average molecular weight is 837 g/mol. The number of nitrogens with one attached hydrogen (secondary N) is 3. The highest BCUT2D eigenvalue weighted by atomic mass is 32.2. The maximum absolute atomic E-state index is 14.1. The molecule has 0 bridgehead atoms. The largest absolute Gasteiger partial charge is 0.449 e. The van der Waals surface area contributed by atoms with Gasteiger partial charge in [0.2, 0.25) is 5.91 Å². The molecule has 3 N–H and O–H groups in total. The molecule has 0 unspecified atom stereocenters. The van der Waals surface area contributed by atoms with Gasteiger partial charge in [0.25, 0.3) is 5.91 Å². The number of rotatable bonds is 13. The standard InChI is InChI=1S/C48H52N8O4S/c1-31(2)30-60-48(59)53-41(36-12-7-5-8-13-36)45(57)56-26-27-61-47(56)44-50-29-39(52-44)35-23-19-33(20-24-35)32-17-21-34(22-18-32)38-28-49-43(51-38)40-16-11-25-55(40)46(58)42(54(3)4)37-14-9-6-10-15-37/h5-10,12-15,17-24,28-29,31,40-42,47H,11,16,25-27,30H2,1-4H3,(H,49,51)(H,50,52)(H,53,59)/t40-,41+,42+,47-/m0/s1. The molecule has 12 nitrogen and oxygen atoms in total. The molecule has 2 fully saturated rings. The fourth-order valence-corrected chi connectivity index (χ4v) is 9.33. The average Bonchev–Trinajstić information content (AvgIpc) is 4.13. The number of nitrogens with zero attached hydrogens (tertiary/aromatic N) is 5. The quantitative estimate of drug-likeness (QED) is 0.105. The van der Waals surface area contributed by atoms with E-state index in [9.17, 15) is 14.4 Å². The molecule has 4 atom stereocenters. The lowest BCUT2D eigenvalue weighted by molar-refractivity contribution is -0.137. The monoisotopic (exact) mass is 836 g/mol. The van der Waals surface area contributed by atoms with E-state index in [1.54, 1.807) is 22.9 Å². The van der Waals surface area contributed by atoms with Crippen LogP contribution in [0.2, 0.25) is 0 Å². The lowest BCUT2D eigenvalue weighted by atomic mass is 10.0. The molecule has 0 saturated carbocycles. The van der Waals surface area contributed by atoms with E-state index in [0.717, 1.165) is 63.6 Å². The Hall–Kier alpha value is -6.18. The van der Waals surface area contributed by atoms with Gasteiger partial charge in [0, 0.05) is 18.8 Å². The SMILES string of the molecule is CC(C)COC(=O)N[C@@H](C(=O)N1CCS[C@H]1c1ncc(-c2ccc(-c3ccc(-c4cnc([C@@H]5CCCN5C(=O)[C@@H](c5ccccc5)N(C)C)[nH]4)cc3)cc2)[nH]1)c1ccccc1. The second kappa shape index (κ2) is 18.6. The first-order chi connectivity index (χ1) is 29.6. The van der Waals surface area contributed by atoms with Crippen molar-refractivity contribution in [1.29, 1.82) is 0 Å². The Kier molecular flexibility index (Phi) is 12.7. The molecule has 3 amide bonds. The van der Waals surface area contributed by atoms with Gasteiger partial charge in [0.15, 0.2) is 0 Å². The Morgan fingerprint density at radius 3 is 1.89 bits per heavy atom. The van der Waals surface area contributed by atoms with E-state index < -0.39 is 12.1 Å². The molecule has 0 radical (unpaired) electrons. The van der Waals surface area contributed by atoms with Crippen molar-refractivity contribution in [3.63, 3.8) is 0 Å². The first-order valence-electron chi connectivity index (χ1n) is 20.9. The van der Waals surface area contributed by atoms with Crippen LogP contribution in [0.25, 0.3) is 33.6 Å². The molecule has 314 valence electrons. The second-order valence-electron chi connectivity index (χ2n) is 16.2. The van der Waals surface area contributed by atoms with Gasteiger partial charge in [-0.05, 0) is 66.2 Å². The van der Waals surface area contributed by atoms with Crippen molar-refractivity contribution in [3.05, 3.63) is 144 Å². The number of hydrogen-bond donors (Lipinski definition) is 3. The van der Waals surface area contributed by atoms with Crippen LogP contribution in [0.15, 0.2) is 122 Å². The van der Waals surface area contributed by atoms with Crippen LogP contribution in [0.4, 0.5) is 4.79 Å². The van der Waals surface area contributed by atoms with E-state index in [-0.39, 0.29) is 41.8 Å². The van der Waals surface area contributed by atoms with E-state index in [0.29, 0.717) is 24.5 Å². The van der Waals surface area contributed by atoms with Crippen molar-refractivity contribution in [1.82, 2.24) is 40.0 Å². The molecule has 0 spiro atoms. The van der Waals surface area contributed by atoms with Crippen LogP contribution in [0, 0.1) is 5.92 Å². The first kappa shape index (κ1) is 41.5. The lowest BCUT2D eigenvalue weighted by Gasteiger charge is -2.31. The summed E-state index contributed by atoms with van der Waals surface area (Å²) >= 11 is 1.64. The highest BCUT2D eigenvalue weighted by Gasteiger charge is 2.39. The summed E-state index contributed by atoms with van der Waals surface area (Å²) in [6.45, 7) is 5.42. The van der Waals surface area contributed by atoms with Crippen LogP contribution in [-0.2, 0) is 14.3 Å². The Morgan fingerprint density at radius 2 is 1.30 bits per heavy atom. The summed E-state index contributed by atoms with van der Waals surface area (Å²) in [4.78, 5) is 63.0. The second-order valence-corrected chi connectivity index (χ2v) is 17.4. The maximum Gasteiger partial charge on any atom is 0.408 e. The van der Waals surface area contributed by atoms with Crippen LogP contribution in [0.5, 0.6) is 0 Å². The number of carbonyl (C=O) groups is 3. The molecule has 4 aromatic carbocycles. The molecule has 8 rings (SSSR count). The number of H-pyrrole nitrogens is 2. The minimum absolute atomic E-state index is 0.0930. The van der Waals surface area contributed by atoms with Crippen LogP contribution >= 0.6 is 11.8 Å². The molecule has 61 heavy (non-hydrogen) atoms. The van der Waals surface area contributed by atoms with E-state index in [1.165, 1.54) is 0 Å². The molecule has 2 aromatic heterocycles. The van der Waals surface area contributed by atoms with Gasteiger partial charge in [-0.1, -0.05) is 123 Å². The number of hydrogen-bond acceptors (Lipinski definition) is 8. The zero-order valence-electron chi connectivity index (χ0n) is 35.0. The molecule has 0 aliphatic carbocycles. The predicted molar refractivity (Wildman–Crippen MR) is 239 cm³/mol.